The Balaban J connectivity index is 1.85. The van der Waals surface area contributed by atoms with Crippen LogP contribution < -0.4 is 4.74 Å². The standard InChI is InChI=1S/C18H19ClN2O6S2/c1-11(10-25-2)27-21-16(17(22)26-18-20-9-15(19)28-18)12-3-5-13(6-4-12)29(23,24)14-7-8-14/h3-6,9,11,14H,7-8,10H2,1-2H3/b21-16+/t11-/m1/s1. The van der Waals surface area contributed by atoms with Gasteiger partial charge >= 0.3 is 5.97 Å². The molecule has 1 aliphatic rings. The van der Waals surface area contributed by atoms with Crippen molar-refractivity contribution in [3.05, 3.63) is 40.4 Å². The fraction of sp³-hybridized carbons (Fsp3) is 0.389. The van der Waals surface area contributed by atoms with Gasteiger partial charge in [0, 0.05) is 12.7 Å². The number of esters is 1. The molecule has 0 radical (unpaired) electrons. The Morgan fingerprint density at radius 1 is 1.34 bits per heavy atom. The maximum Gasteiger partial charge on any atom is 0.368 e. The van der Waals surface area contributed by atoms with Gasteiger partial charge in [-0.3, -0.25) is 0 Å². The molecular formula is C18H19ClN2O6S2. The van der Waals surface area contributed by atoms with Gasteiger partial charge in [-0.1, -0.05) is 40.2 Å². The highest BCUT2D eigenvalue weighted by Crippen LogP contribution is 2.33. The number of thiazole rings is 1. The first-order chi connectivity index (χ1) is 13.8. The number of hydrogen-bond acceptors (Lipinski definition) is 9. The van der Waals surface area contributed by atoms with Crippen molar-refractivity contribution in [1.82, 2.24) is 4.98 Å². The van der Waals surface area contributed by atoms with E-state index in [2.05, 4.69) is 10.1 Å². The van der Waals surface area contributed by atoms with Gasteiger partial charge in [0.25, 0.3) is 5.19 Å². The molecule has 1 aliphatic carbocycles. The largest absolute Gasteiger partial charge is 0.393 e. The first-order valence-corrected chi connectivity index (χ1v) is 11.5. The second kappa shape index (κ2) is 9.21. The van der Waals surface area contributed by atoms with Crippen LogP contribution in [0.15, 0.2) is 40.5 Å². The normalized spacial score (nSPS) is 15.8. The first kappa shape index (κ1) is 21.7. The predicted molar refractivity (Wildman–Crippen MR) is 108 cm³/mol. The molecule has 1 aromatic heterocycles. The zero-order valence-electron chi connectivity index (χ0n) is 15.7. The molecule has 0 saturated heterocycles. The number of carbonyl (C=O) groups is 1. The Labute approximate surface area is 177 Å². The molecule has 3 rings (SSSR count). The molecule has 1 fully saturated rings. The van der Waals surface area contributed by atoms with Crippen LogP contribution in [-0.4, -0.2) is 50.2 Å². The van der Waals surface area contributed by atoms with E-state index in [1.165, 1.54) is 37.6 Å². The summed E-state index contributed by atoms with van der Waals surface area (Å²) >= 11 is 6.80. The highest BCUT2D eigenvalue weighted by atomic mass is 35.5. The van der Waals surface area contributed by atoms with Gasteiger partial charge in [0.1, 0.15) is 10.4 Å². The Bertz CT molecular complexity index is 1000. The number of benzene rings is 1. The maximum absolute atomic E-state index is 12.6. The Morgan fingerprint density at radius 3 is 2.59 bits per heavy atom. The number of hydrogen-bond donors (Lipinski definition) is 0. The van der Waals surface area contributed by atoms with Crippen molar-refractivity contribution >= 4 is 44.5 Å². The van der Waals surface area contributed by atoms with Crippen molar-refractivity contribution in [2.24, 2.45) is 5.16 Å². The lowest BCUT2D eigenvalue weighted by Crippen LogP contribution is -2.23. The SMILES string of the molecule is COC[C@@H](C)O/N=C(/C(=O)Oc1ncc(Cl)s1)c1ccc(S(=O)(=O)C2CC2)cc1. The predicted octanol–water partition coefficient (Wildman–Crippen LogP) is 3.09. The smallest absolute Gasteiger partial charge is 0.368 e. The number of ether oxygens (including phenoxy) is 2. The van der Waals surface area contributed by atoms with E-state index in [4.69, 9.17) is 25.9 Å². The van der Waals surface area contributed by atoms with Gasteiger partial charge in [-0.2, -0.15) is 0 Å². The number of aromatic nitrogens is 1. The summed E-state index contributed by atoms with van der Waals surface area (Å²) in [6.45, 7) is 1.99. The third-order valence-electron chi connectivity index (χ3n) is 3.97. The van der Waals surface area contributed by atoms with Gasteiger partial charge in [-0.05, 0) is 31.9 Å². The van der Waals surface area contributed by atoms with Crippen molar-refractivity contribution < 1.29 is 27.5 Å². The summed E-state index contributed by atoms with van der Waals surface area (Å²) in [6, 6.07) is 5.89. The Morgan fingerprint density at radius 2 is 2.03 bits per heavy atom. The summed E-state index contributed by atoms with van der Waals surface area (Å²) in [5.41, 5.74) is 0.215. The Hall–Kier alpha value is -2.01. The second-order valence-corrected chi connectivity index (χ2v) is 10.3. The number of oxime groups is 1. The quantitative estimate of drug-likeness (QED) is 0.323. The third kappa shape index (κ3) is 5.53. The molecule has 156 valence electrons. The van der Waals surface area contributed by atoms with Crippen LogP contribution in [0.2, 0.25) is 4.34 Å². The molecule has 0 spiro atoms. The molecule has 1 aromatic carbocycles. The number of carbonyl (C=O) groups excluding carboxylic acids is 1. The third-order valence-corrected chi connectivity index (χ3v) is 7.25. The van der Waals surface area contributed by atoms with Gasteiger partial charge in [-0.25, -0.2) is 18.2 Å². The molecule has 1 heterocycles. The van der Waals surface area contributed by atoms with Crippen molar-refractivity contribution in [2.75, 3.05) is 13.7 Å². The monoisotopic (exact) mass is 458 g/mol. The van der Waals surface area contributed by atoms with Crippen LogP contribution in [0.25, 0.3) is 0 Å². The van der Waals surface area contributed by atoms with Crippen LogP contribution >= 0.6 is 22.9 Å². The van der Waals surface area contributed by atoms with Crippen LogP contribution in [0.1, 0.15) is 25.3 Å². The average molecular weight is 459 g/mol. The van der Waals surface area contributed by atoms with Crippen LogP contribution in [0.4, 0.5) is 0 Å². The number of rotatable bonds is 9. The van der Waals surface area contributed by atoms with Crippen molar-refractivity contribution in [3.8, 4) is 5.19 Å². The van der Waals surface area contributed by atoms with E-state index in [9.17, 15) is 13.2 Å². The summed E-state index contributed by atoms with van der Waals surface area (Å²) in [5.74, 6) is -0.807. The number of sulfone groups is 1. The highest BCUT2D eigenvalue weighted by Gasteiger charge is 2.36. The van der Waals surface area contributed by atoms with E-state index in [1.807, 2.05) is 0 Å². The van der Waals surface area contributed by atoms with Crippen LogP contribution in [-0.2, 0) is 24.2 Å². The molecule has 1 atom stereocenters. The fourth-order valence-electron chi connectivity index (χ4n) is 2.40. The first-order valence-electron chi connectivity index (χ1n) is 8.72. The number of nitrogens with zero attached hydrogens (tertiary/aromatic N) is 2. The van der Waals surface area contributed by atoms with E-state index < -0.39 is 21.9 Å². The fourth-order valence-corrected chi connectivity index (χ4v) is 4.80. The summed E-state index contributed by atoms with van der Waals surface area (Å²) in [5, 5.41) is 3.65. The highest BCUT2D eigenvalue weighted by molar-refractivity contribution is 7.92. The molecule has 0 amide bonds. The van der Waals surface area contributed by atoms with Gasteiger partial charge in [0.05, 0.1) is 22.9 Å². The molecule has 1 saturated carbocycles. The molecule has 11 heteroatoms. The average Bonchev–Trinajstić information content (AvgIpc) is 3.46. The lowest BCUT2D eigenvalue weighted by Gasteiger charge is -2.11. The van der Waals surface area contributed by atoms with E-state index in [0.717, 1.165) is 11.3 Å². The van der Waals surface area contributed by atoms with E-state index in [-0.39, 0.29) is 27.7 Å². The number of methoxy groups -OCH3 is 1. The maximum atomic E-state index is 12.6. The topological polar surface area (TPSA) is 104 Å². The summed E-state index contributed by atoms with van der Waals surface area (Å²) < 4.78 is 35.3. The van der Waals surface area contributed by atoms with Crippen molar-refractivity contribution in [3.63, 3.8) is 0 Å². The molecule has 0 bridgehead atoms. The summed E-state index contributed by atoms with van der Waals surface area (Å²) in [4.78, 5) is 22.0. The molecule has 0 aliphatic heterocycles. The summed E-state index contributed by atoms with van der Waals surface area (Å²) in [6.07, 6.45) is 2.29. The van der Waals surface area contributed by atoms with E-state index >= 15 is 0 Å². The van der Waals surface area contributed by atoms with E-state index in [0.29, 0.717) is 22.7 Å². The van der Waals surface area contributed by atoms with Crippen LogP contribution in [0.5, 0.6) is 5.19 Å². The minimum absolute atomic E-state index is 0.0607. The number of halogens is 1. The van der Waals surface area contributed by atoms with Crippen LogP contribution in [0, 0.1) is 0 Å². The summed E-state index contributed by atoms with van der Waals surface area (Å²) in [7, 11) is -1.82. The molecule has 0 unspecified atom stereocenters. The lowest BCUT2D eigenvalue weighted by molar-refractivity contribution is -0.127. The van der Waals surface area contributed by atoms with Gasteiger partial charge in [0.2, 0.25) is 0 Å². The zero-order valence-corrected chi connectivity index (χ0v) is 18.1. The van der Waals surface area contributed by atoms with Crippen molar-refractivity contribution in [2.45, 2.75) is 36.0 Å². The minimum Gasteiger partial charge on any atom is -0.393 e. The Kier molecular flexibility index (Phi) is 6.89. The molecule has 29 heavy (non-hydrogen) atoms. The molecule has 8 nitrogen and oxygen atoms in total. The van der Waals surface area contributed by atoms with Gasteiger partial charge in [0.15, 0.2) is 15.5 Å². The van der Waals surface area contributed by atoms with Crippen LogP contribution in [0.3, 0.4) is 0 Å². The minimum atomic E-state index is -3.33. The molecular weight excluding hydrogens is 440 g/mol. The zero-order chi connectivity index (χ0) is 21.0. The van der Waals surface area contributed by atoms with Crippen molar-refractivity contribution in [1.29, 1.82) is 0 Å². The van der Waals surface area contributed by atoms with Gasteiger partial charge in [-0.15, -0.1) is 0 Å². The molecule has 0 N–H and O–H groups in total. The lowest BCUT2D eigenvalue weighted by atomic mass is 10.1. The second-order valence-electron chi connectivity index (χ2n) is 6.40. The van der Waals surface area contributed by atoms with Gasteiger partial charge < -0.3 is 14.3 Å². The van der Waals surface area contributed by atoms with E-state index in [1.54, 1.807) is 6.92 Å². The molecule has 2 aromatic rings.